The van der Waals surface area contributed by atoms with E-state index in [4.69, 9.17) is 5.73 Å². The Kier molecular flexibility index (Phi) is 3.28. The molecule has 0 spiro atoms. The van der Waals surface area contributed by atoms with Gasteiger partial charge in [-0.25, -0.2) is 9.37 Å². The van der Waals surface area contributed by atoms with Crippen molar-refractivity contribution >= 4 is 33.1 Å². The van der Waals surface area contributed by atoms with Gasteiger partial charge in [-0.1, -0.05) is 12.1 Å². The number of nitrogen functional groups attached to an aromatic ring is 1. The maximum atomic E-state index is 13.6. The molecule has 0 aliphatic carbocycles. The number of nitrogens with one attached hydrogen (secondary N) is 1. The summed E-state index contributed by atoms with van der Waals surface area (Å²) in [6.45, 7) is 1.82. The largest absolute Gasteiger partial charge is 0.396 e. The number of rotatable bonds is 2. The van der Waals surface area contributed by atoms with Crippen LogP contribution in [0, 0.1) is 12.7 Å². The van der Waals surface area contributed by atoms with Crippen molar-refractivity contribution < 1.29 is 4.39 Å². The first kappa shape index (κ1) is 11.9. The normalized spacial score (nSPS) is 10.3. The van der Waals surface area contributed by atoms with E-state index in [0.717, 1.165) is 10.0 Å². The van der Waals surface area contributed by atoms with Crippen molar-refractivity contribution in [1.82, 2.24) is 4.98 Å². The Morgan fingerprint density at radius 1 is 1.41 bits per heavy atom. The molecule has 0 atom stereocenters. The summed E-state index contributed by atoms with van der Waals surface area (Å²) in [5.74, 6) is 0.121. The molecule has 0 radical (unpaired) electrons. The molecule has 0 aliphatic rings. The zero-order valence-electron chi connectivity index (χ0n) is 9.17. The molecular formula is C12H11BrFN3. The fourth-order valence-corrected chi connectivity index (χ4v) is 1.82. The minimum atomic E-state index is -0.325. The lowest BCUT2D eigenvalue weighted by Gasteiger charge is -2.11. The lowest BCUT2D eigenvalue weighted by atomic mass is 10.2. The Morgan fingerprint density at radius 3 is 2.82 bits per heavy atom. The summed E-state index contributed by atoms with van der Waals surface area (Å²) in [5.41, 5.74) is 7.45. The van der Waals surface area contributed by atoms with Gasteiger partial charge in [0, 0.05) is 10.7 Å². The minimum Gasteiger partial charge on any atom is -0.396 e. The third kappa shape index (κ3) is 2.55. The molecule has 0 fully saturated rings. The van der Waals surface area contributed by atoms with Crippen LogP contribution >= 0.6 is 15.9 Å². The summed E-state index contributed by atoms with van der Waals surface area (Å²) < 4.78 is 14.4. The molecule has 5 heteroatoms. The van der Waals surface area contributed by atoms with Gasteiger partial charge in [-0.05, 0) is 40.5 Å². The number of halogens is 2. The summed E-state index contributed by atoms with van der Waals surface area (Å²) in [4.78, 5) is 4.11. The van der Waals surface area contributed by atoms with Crippen molar-refractivity contribution in [2.45, 2.75) is 6.92 Å². The van der Waals surface area contributed by atoms with Gasteiger partial charge in [0.1, 0.15) is 5.82 Å². The van der Waals surface area contributed by atoms with Gasteiger partial charge in [0.25, 0.3) is 0 Å². The number of para-hydroxylation sites is 1. The van der Waals surface area contributed by atoms with Crippen LogP contribution in [0.5, 0.6) is 0 Å². The van der Waals surface area contributed by atoms with E-state index in [1.807, 2.05) is 13.0 Å². The Labute approximate surface area is 107 Å². The average Bonchev–Trinajstić information content (AvgIpc) is 2.26. The van der Waals surface area contributed by atoms with Crippen LogP contribution in [0.25, 0.3) is 0 Å². The van der Waals surface area contributed by atoms with Crippen molar-refractivity contribution in [3.05, 3.63) is 46.3 Å². The van der Waals surface area contributed by atoms with Crippen molar-refractivity contribution in [2.75, 3.05) is 11.1 Å². The van der Waals surface area contributed by atoms with Crippen LogP contribution in [0.1, 0.15) is 5.56 Å². The molecule has 0 saturated heterocycles. The van der Waals surface area contributed by atoms with Gasteiger partial charge >= 0.3 is 0 Å². The van der Waals surface area contributed by atoms with Crippen LogP contribution < -0.4 is 11.1 Å². The first-order valence-corrected chi connectivity index (χ1v) is 5.80. The molecular weight excluding hydrogens is 285 g/mol. The molecule has 2 rings (SSSR count). The number of aromatic nitrogens is 1. The van der Waals surface area contributed by atoms with E-state index in [-0.39, 0.29) is 5.82 Å². The Morgan fingerprint density at radius 2 is 2.18 bits per heavy atom. The second-order valence-electron chi connectivity index (χ2n) is 3.65. The predicted molar refractivity (Wildman–Crippen MR) is 70.8 cm³/mol. The molecule has 0 amide bonds. The summed E-state index contributed by atoms with van der Waals surface area (Å²) in [6, 6.07) is 6.59. The molecule has 17 heavy (non-hydrogen) atoms. The zero-order chi connectivity index (χ0) is 12.4. The van der Waals surface area contributed by atoms with Crippen LogP contribution in [0.4, 0.5) is 21.6 Å². The first-order valence-electron chi connectivity index (χ1n) is 5.01. The van der Waals surface area contributed by atoms with Crippen LogP contribution in [0.2, 0.25) is 0 Å². The van der Waals surface area contributed by atoms with Crippen molar-refractivity contribution in [3.63, 3.8) is 0 Å². The molecule has 3 nitrogen and oxygen atoms in total. The third-order valence-electron chi connectivity index (χ3n) is 2.35. The lowest BCUT2D eigenvalue weighted by molar-refractivity contribution is 0.631. The molecule has 1 aromatic heterocycles. The van der Waals surface area contributed by atoms with Gasteiger partial charge in [0.05, 0.1) is 11.4 Å². The molecule has 0 bridgehead atoms. The van der Waals surface area contributed by atoms with Gasteiger partial charge in [-0.15, -0.1) is 0 Å². The highest BCUT2D eigenvalue weighted by molar-refractivity contribution is 9.10. The number of nitrogens with zero attached hydrogens (tertiary/aromatic N) is 1. The number of pyridine rings is 1. The van der Waals surface area contributed by atoms with E-state index in [1.165, 1.54) is 6.07 Å². The van der Waals surface area contributed by atoms with E-state index in [0.29, 0.717) is 17.2 Å². The van der Waals surface area contributed by atoms with Gasteiger partial charge in [-0.3, -0.25) is 0 Å². The summed E-state index contributed by atoms with van der Waals surface area (Å²) in [7, 11) is 0. The highest BCUT2D eigenvalue weighted by atomic mass is 79.9. The van der Waals surface area contributed by atoms with Crippen LogP contribution in [-0.4, -0.2) is 4.98 Å². The average molecular weight is 296 g/mol. The molecule has 0 unspecified atom stereocenters. The first-order chi connectivity index (χ1) is 8.08. The second kappa shape index (κ2) is 4.71. The smallest absolute Gasteiger partial charge is 0.153 e. The summed E-state index contributed by atoms with van der Waals surface area (Å²) in [6.07, 6.45) is 1.61. The highest BCUT2D eigenvalue weighted by Gasteiger charge is 2.08. The van der Waals surface area contributed by atoms with Crippen LogP contribution in [0.3, 0.4) is 0 Å². The molecule has 0 saturated carbocycles. The van der Waals surface area contributed by atoms with E-state index in [9.17, 15) is 4.39 Å². The Hall–Kier alpha value is -1.62. The number of benzene rings is 1. The van der Waals surface area contributed by atoms with Crippen molar-refractivity contribution in [1.29, 1.82) is 0 Å². The highest BCUT2D eigenvalue weighted by Crippen LogP contribution is 2.27. The van der Waals surface area contributed by atoms with Crippen molar-refractivity contribution in [3.8, 4) is 0 Å². The maximum Gasteiger partial charge on any atom is 0.153 e. The summed E-state index contributed by atoms with van der Waals surface area (Å²) >= 11 is 3.27. The quantitative estimate of drug-likeness (QED) is 0.890. The van der Waals surface area contributed by atoms with E-state index >= 15 is 0 Å². The van der Waals surface area contributed by atoms with E-state index < -0.39 is 0 Å². The molecule has 3 N–H and O–H groups in total. The van der Waals surface area contributed by atoms with Crippen molar-refractivity contribution in [2.24, 2.45) is 0 Å². The fourth-order valence-electron chi connectivity index (χ4n) is 1.47. The monoisotopic (exact) mass is 295 g/mol. The van der Waals surface area contributed by atoms with Gasteiger partial charge in [0.15, 0.2) is 5.82 Å². The van der Waals surface area contributed by atoms with Crippen LogP contribution in [-0.2, 0) is 0 Å². The molecule has 1 heterocycles. The number of hydrogen-bond acceptors (Lipinski definition) is 3. The maximum absolute atomic E-state index is 13.6. The lowest BCUT2D eigenvalue weighted by Crippen LogP contribution is -2.02. The molecule has 2 aromatic rings. The zero-order valence-corrected chi connectivity index (χ0v) is 10.8. The Bertz CT molecular complexity index is 537. The number of aryl methyl sites for hydroxylation is 1. The topological polar surface area (TPSA) is 50.9 Å². The third-order valence-corrected chi connectivity index (χ3v) is 2.78. The molecule has 0 aliphatic heterocycles. The number of anilines is 3. The second-order valence-corrected chi connectivity index (χ2v) is 4.56. The minimum absolute atomic E-state index is 0.325. The number of nitrogens with two attached hydrogens (primary N) is 1. The number of hydrogen-bond donors (Lipinski definition) is 2. The molecule has 1 aromatic carbocycles. The van der Waals surface area contributed by atoms with Crippen LogP contribution in [0.15, 0.2) is 34.9 Å². The van der Waals surface area contributed by atoms with Gasteiger partial charge in [-0.2, -0.15) is 0 Å². The SMILES string of the molecule is Cc1cccc(F)c1Nc1ncc(Br)cc1N. The van der Waals surface area contributed by atoms with Gasteiger partial charge < -0.3 is 11.1 Å². The summed E-state index contributed by atoms with van der Waals surface area (Å²) in [5, 5.41) is 2.90. The molecule has 88 valence electrons. The Balaban J connectivity index is 2.38. The predicted octanol–water partition coefficient (Wildman–Crippen LogP) is 3.62. The van der Waals surface area contributed by atoms with Gasteiger partial charge in [0.2, 0.25) is 0 Å². The fraction of sp³-hybridized carbons (Fsp3) is 0.0833. The standard InChI is InChI=1S/C12H11BrFN3/c1-7-3-2-4-9(14)11(7)17-12-10(15)5-8(13)6-16-12/h2-6H,15H2,1H3,(H,16,17). The van der Waals surface area contributed by atoms with E-state index in [2.05, 4.69) is 26.2 Å². The van der Waals surface area contributed by atoms with E-state index in [1.54, 1.807) is 18.3 Å².